The second-order valence-electron chi connectivity index (χ2n) is 5.52. The number of benzene rings is 2. The Bertz CT molecular complexity index is 837. The number of ether oxygens (including phenoxy) is 2. The average molecular weight is 351 g/mol. The lowest BCUT2D eigenvalue weighted by atomic mass is 10.0. The fourth-order valence-corrected chi connectivity index (χ4v) is 2.98. The Hall–Kier alpha value is -2.46. The molecular weight excluding hydrogens is 332 g/mol. The van der Waals surface area contributed by atoms with Crippen molar-refractivity contribution < 1.29 is 14.3 Å². The van der Waals surface area contributed by atoms with Crippen LogP contribution in [-0.4, -0.2) is 19.3 Å². The monoisotopic (exact) mass is 351 g/mol. The van der Waals surface area contributed by atoms with E-state index in [1.165, 1.54) is 24.4 Å². The SMILES string of the molecule is COC(=O)/C(=C/SC)c1ccccc1COc1cccc(C2=C[CH]2)c1. The van der Waals surface area contributed by atoms with Gasteiger partial charge in [-0.25, -0.2) is 4.79 Å². The van der Waals surface area contributed by atoms with Crippen molar-refractivity contribution >= 4 is 28.9 Å². The molecule has 1 aliphatic carbocycles. The van der Waals surface area contributed by atoms with Crippen LogP contribution in [0.3, 0.4) is 0 Å². The normalized spacial score (nSPS) is 13.2. The summed E-state index contributed by atoms with van der Waals surface area (Å²) in [5, 5.41) is 1.81. The predicted molar refractivity (Wildman–Crippen MR) is 103 cm³/mol. The molecule has 0 unspecified atom stereocenters. The van der Waals surface area contributed by atoms with Crippen molar-refractivity contribution in [1.82, 2.24) is 0 Å². The minimum Gasteiger partial charge on any atom is -0.489 e. The van der Waals surface area contributed by atoms with Crippen molar-refractivity contribution in [2.24, 2.45) is 0 Å². The Morgan fingerprint density at radius 1 is 1.16 bits per heavy atom. The first-order valence-electron chi connectivity index (χ1n) is 7.90. The van der Waals surface area contributed by atoms with Crippen LogP contribution < -0.4 is 4.74 Å². The van der Waals surface area contributed by atoms with E-state index in [4.69, 9.17) is 9.47 Å². The average Bonchev–Trinajstić information content (AvgIpc) is 3.50. The molecule has 1 radical (unpaired) electrons. The third-order valence-corrected chi connectivity index (χ3v) is 4.31. The van der Waals surface area contributed by atoms with Crippen LogP contribution in [-0.2, 0) is 16.1 Å². The first-order valence-corrected chi connectivity index (χ1v) is 9.19. The summed E-state index contributed by atoms with van der Waals surface area (Å²) in [5.41, 5.74) is 4.71. The van der Waals surface area contributed by atoms with E-state index in [2.05, 4.69) is 18.6 Å². The maximum absolute atomic E-state index is 12.1. The van der Waals surface area contributed by atoms with Gasteiger partial charge in [-0.15, -0.1) is 11.8 Å². The number of allylic oxidation sites excluding steroid dienone is 2. The van der Waals surface area contributed by atoms with Crippen LogP contribution in [0.5, 0.6) is 5.75 Å². The highest BCUT2D eigenvalue weighted by Gasteiger charge is 2.16. The number of methoxy groups -OCH3 is 1. The molecule has 1 aliphatic rings. The zero-order valence-electron chi connectivity index (χ0n) is 14.2. The van der Waals surface area contributed by atoms with E-state index >= 15 is 0 Å². The fourth-order valence-electron chi connectivity index (χ4n) is 2.52. The molecule has 0 aliphatic heterocycles. The number of esters is 1. The molecule has 3 rings (SSSR count). The van der Waals surface area contributed by atoms with E-state index in [1.807, 2.05) is 48.7 Å². The maximum Gasteiger partial charge on any atom is 0.338 e. The Balaban J connectivity index is 1.81. The highest BCUT2D eigenvalue weighted by atomic mass is 32.2. The second-order valence-corrected chi connectivity index (χ2v) is 6.23. The molecule has 0 bridgehead atoms. The third-order valence-electron chi connectivity index (χ3n) is 3.84. The quantitative estimate of drug-likeness (QED) is 0.533. The Labute approximate surface area is 152 Å². The van der Waals surface area contributed by atoms with Gasteiger partial charge < -0.3 is 9.47 Å². The van der Waals surface area contributed by atoms with Crippen LogP contribution in [0.2, 0.25) is 0 Å². The van der Waals surface area contributed by atoms with Gasteiger partial charge in [0, 0.05) is 6.42 Å². The van der Waals surface area contributed by atoms with Crippen molar-refractivity contribution in [3.63, 3.8) is 0 Å². The van der Waals surface area contributed by atoms with Crippen LogP contribution in [0, 0.1) is 6.42 Å². The van der Waals surface area contributed by atoms with E-state index in [9.17, 15) is 4.79 Å². The summed E-state index contributed by atoms with van der Waals surface area (Å²) in [6, 6.07) is 15.7. The lowest BCUT2D eigenvalue weighted by Crippen LogP contribution is -2.07. The molecular formula is C21H19O3S. The zero-order chi connectivity index (χ0) is 17.6. The van der Waals surface area contributed by atoms with E-state index < -0.39 is 0 Å². The molecule has 2 aromatic carbocycles. The van der Waals surface area contributed by atoms with E-state index in [-0.39, 0.29) is 5.97 Å². The predicted octanol–water partition coefficient (Wildman–Crippen LogP) is 4.74. The van der Waals surface area contributed by atoms with E-state index in [1.54, 1.807) is 5.41 Å². The van der Waals surface area contributed by atoms with Crippen molar-refractivity contribution in [2.75, 3.05) is 13.4 Å². The lowest BCUT2D eigenvalue weighted by molar-refractivity contribution is -0.133. The van der Waals surface area contributed by atoms with Gasteiger partial charge in [0.2, 0.25) is 0 Å². The largest absolute Gasteiger partial charge is 0.489 e. The number of carbonyl (C=O) groups is 1. The first-order chi connectivity index (χ1) is 12.2. The number of rotatable bonds is 7. The van der Waals surface area contributed by atoms with Gasteiger partial charge in [-0.2, -0.15) is 0 Å². The summed E-state index contributed by atoms with van der Waals surface area (Å²) in [4.78, 5) is 12.1. The van der Waals surface area contributed by atoms with Crippen LogP contribution in [0.25, 0.3) is 11.1 Å². The van der Waals surface area contributed by atoms with Crippen LogP contribution in [0.15, 0.2) is 60.0 Å². The molecule has 0 saturated carbocycles. The van der Waals surface area contributed by atoms with Crippen LogP contribution in [0.4, 0.5) is 0 Å². The molecule has 2 aromatic rings. The maximum atomic E-state index is 12.1. The Morgan fingerprint density at radius 3 is 2.68 bits per heavy atom. The van der Waals surface area contributed by atoms with Crippen molar-refractivity contribution in [1.29, 1.82) is 0 Å². The summed E-state index contributed by atoms with van der Waals surface area (Å²) in [6.45, 7) is 0.380. The van der Waals surface area contributed by atoms with E-state index in [0.29, 0.717) is 12.2 Å². The number of hydrogen-bond acceptors (Lipinski definition) is 4. The number of hydrogen-bond donors (Lipinski definition) is 0. The molecule has 4 heteroatoms. The number of carbonyl (C=O) groups excluding carboxylic acids is 1. The van der Waals surface area contributed by atoms with Crippen molar-refractivity contribution in [3.05, 3.63) is 83.1 Å². The van der Waals surface area contributed by atoms with Crippen molar-refractivity contribution in [2.45, 2.75) is 6.61 Å². The molecule has 0 spiro atoms. The molecule has 0 heterocycles. The summed E-state index contributed by atoms with van der Waals surface area (Å²) in [6.07, 6.45) is 6.06. The van der Waals surface area contributed by atoms with Gasteiger partial charge in [0.1, 0.15) is 12.4 Å². The zero-order valence-corrected chi connectivity index (χ0v) is 15.0. The highest BCUT2D eigenvalue weighted by molar-refractivity contribution is 8.01. The van der Waals surface area contributed by atoms with Gasteiger partial charge in [-0.05, 0) is 46.1 Å². The molecule has 127 valence electrons. The molecule has 0 N–H and O–H groups in total. The minimum atomic E-state index is -0.347. The van der Waals surface area contributed by atoms with Gasteiger partial charge >= 0.3 is 5.97 Å². The van der Waals surface area contributed by atoms with Crippen LogP contribution >= 0.6 is 11.8 Å². The van der Waals surface area contributed by atoms with Gasteiger partial charge in [0.25, 0.3) is 0 Å². The molecule has 0 amide bonds. The summed E-state index contributed by atoms with van der Waals surface area (Å²) in [7, 11) is 1.39. The molecule has 25 heavy (non-hydrogen) atoms. The molecule has 0 atom stereocenters. The summed E-state index contributed by atoms with van der Waals surface area (Å²) in [5.74, 6) is 0.460. The van der Waals surface area contributed by atoms with Gasteiger partial charge in [-0.1, -0.05) is 42.5 Å². The summed E-state index contributed by atoms with van der Waals surface area (Å²) >= 11 is 1.47. The standard InChI is InChI=1S/C21H19O3S/c1-23-21(22)20(14-25-2)19-9-4-3-6-17(19)13-24-18-8-5-7-16(12-18)15-10-11-15/h3-12,14H,13H2,1-2H3/b20-14+. The fraction of sp³-hybridized carbons (Fsp3) is 0.143. The van der Waals surface area contributed by atoms with Gasteiger partial charge in [0.05, 0.1) is 12.7 Å². The Morgan fingerprint density at radius 2 is 1.96 bits per heavy atom. The molecule has 0 fully saturated rings. The van der Waals surface area contributed by atoms with Gasteiger partial charge in [-0.3, -0.25) is 0 Å². The van der Waals surface area contributed by atoms with Crippen LogP contribution in [0.1, 0.15) is 16.7 Å². The molecule has 0 saturated heterocycles. The topological polar surface area (TPSA) is 35.5 Å². The second kappa shape index (κ2) is 8.08. The smallest absolute Gasteiger partial charge is 0.338 e. The third kappa shape index (κ3) is 4.34. The highest BCUT2D eigenvalue weighted by Crippen LogP contribution is 2.32. The van der Waals surface area contributed by atoms with Gasteiger partial charge in [0.15, 0.2) is 0 Å². The minimum absolute atomic E-state index is 0.347. The number of thioether (sulfide) groups is 1. The molecule has 0 aromatic heterocycles. The Kier molecular flexibility index (Phi) is 5.61. The summed E-state index contributed by atoms with van der Waals surface area (Å²) < 4.78 is 10.9. The first kappa shape index (κ1) is 17.4. The molecule has 3 nitrogen and oxygen atoms in total. The van der Waals surface area contributed by atoms with E-state index in [0.717, 1.165) is 22.4 Å². The van der Waals surface area contributed by atoms with Crippen molar-refractivity contribution in [3.8, 4) is 5.75 Å². The lowest BCUT2D eigenvalue weighted by Gasteiger charge is -2.13.